The fourth-order valence-electron chi connectivity index (χ4n) is 3.27. The maximum absolute atomic E-state index is 12.1. The monoisotopic (exact) mass is 522 g/mol. The van der Waals surface area contributed by atoms with Crippen LogP contribution in [-0.2, 0) is 20.8 Å². The second-order valence-corrected chi connectivity index (χ2v) is 12.0. The average molecular weight is 524 g/mol. The summed E-state index contributed by atoms with van der Waals surface area (Å²) >= 11 is 16.9. The molecule has 1 aromatic carbocycles. The number of hydrogen-bond acceptors (Lipinski definition) is 5. The van der Waals surface area contributed by atoms with Crippen molar-refractivity contribution in [2.45, 2.75) is 70.1 Å². The molecule has 1 aromatic rings. The number of ether oxygens (including phenoxy) is 4. The lowest BCUT2D eigenvalue weighted by Gasteiger charge is -2.34. The van der Waals surface area contributed by atoms with Crippen LogP contribution in [0.1, 0.15) is 53.0 Å². The van der Waals surface area contributed by atoms with E-state index in [1.54, 1.807) is 13.2 Å². The SMILES string of the molecule is C=CC(C)C(CC(C)CC(OCc1ccc(OC)cc1)C(C)(C)C)OC(=O)OCC(Cl)(Cl)Cl. The highest BCUT2D eigenvalue weighted by Gasteiger charge is 2.31. The number of benzene rings is 1. The van der Waals surface area contributed by atoms with Crippen molar-refractivity contribution in [3.63, 3.8) is 0 Å². The Morgan fingerprint density at radius 2 is 1.70 bits per heavy atom. The zero-order chi connectivity index (χ0) is 25.2. The molecule has 8 heteroatoms. The van der Waals surface area contributed by atoms with Crippen molar-refractivity contribution in [1.82, 2.24) is 0 Å². The van der Waals surface area contributed by atoms with Crippen molar-refractivity contribution in [2.75, 3.05) is 13.7 Å². The smallest absolute Gasteiger partial charge is 0.497 e. The summed E-state index contributed by atoms with van der Waals surface area (Å²) in [7, 11) is 1.65. The molecule has 0 saturated heterocycles. The van der Waals surface area contributed by atoms with Gasteiger partial charge in [0.05, 0.1) is 19.8 Å². The highest BCUT2D eigenvalue weighted by Crippen LogP contribution is 2.32. The van der Waals surface area contributed by atoms with E-state index in [1.807, 2.05) is 31.2 Å². The zero-order valence-electron chi connectivity index (χ0n) is 20.4. The van der Waals surface area contributed by atoms with E-state index in [0.717, 1.165) is 17.7 Å². The maximum Gasteiger partial charge on any atom is 0.508 e. The minimum atomic E-state index is -1.69. The van der Waals surface area contributed by atoms with Gasteiger partial charge in [-0.05, 0) is 41.9 Å². The topological polar surface area (TPSA) is 54.0 Å². The Morgan fingerprint density at radius 3 is 2.18 bits per heavy atom. The van der Waals surface area contributed by atoms with Crippen LogP contribution in [0.15, 0.2) is 36.9 Å². The Bertz CT molecular complexity index is 725. The summed E-state index contributed by atoms with van der Waals surface area (Å²) < 4.78 is 20.3. The fourth-order valence-corrected chi connectivity index (χ4v) is 3.43. The lowest BCUT2D eigenvalue weighted by molar-refractivity contribution is -0.0475. The molecule has 0 aliphatic rings. The molecule has 0 aliphatic carbocycles. The molecule has 0 bridgehead atoms. The van der Waals surface area contributed by atoms with Crippen LogP contribution >= 0.6 is 34.8 Å². The minimum absolute atomic E-state index is 0.00519. The second kappa shape index (κ2) is 13.7. The summed E-state index contributed by atoms with van der Waals surface area (Å²) in [4.78, 5) is 12.1. The number of rotatable bonds is 12. The molecule has 0 amide bonds. The van der Waals surface area contributed by atoms with Crippen molar-refractivity contribution < 1.29 is 23.7 Å². The highest BCUT2D eigenvalue weighted by molar-refractivity contribution is 6.67. The van der Waals surface area contributed by atoms with Crippen LogP contribution in [0.25, 0.3) is 0 Å². The van der Waals surface area contributed by atoms with E-state index in [-0.39, 0.29) is 30.0 Å². The molecule has 0 saturated carbocycles. The van der Waals surface area contributed by atoms with Crippen molar-refractivity contribution in [2.24, 2.45) is 17.3 Å². The van der Waals surface area contributed by atoms with Crippen molar-refractivity contribution in [3.8, 4) is 5.75 Å². The maximum atomic E-state index is 12.1. The van der Waals surface area contributed by atoms with Crippen LogP contribution in [0, 0.1) is 17.3 Å². The molecule has 4 atom stereocenters. The lowest BCUT2D eigenvalue weighted by Crippen LogP contribution is -2.33. The summed E-state index contributed by atoms with van der Waals surface area (Å²) in [5.41, 5.74) is 1.01. The first-order valence-electron chi connectivity index (χ1n) is 11.0. The Labute approximate surface area is 213 Å². The van der Waals surface area contributed by atoms with Gasteiger partial charge in [-0.2, -0.15) is 0 Å². The number of alkyl halides is 3. The quantitative estimate of drug-likeness (QED) is 0.159. The van der Waals surface area contributed by atoms with E-state index in [1.165, 1.54) is 0 Å². The summed E-state index contributed by atoms with van der Waals surface area (Å²) in [6, 6.07) is 7.85. The predicted octanol–water partition coefficient (Wildman–Crippen LogP) is 7.76. The highest BCUT2D eigenvalue weighted by atomic mass is 35.6. The van der Waals surface area contributed by atoms with E-state index in [2.05, 4.69) is 34.3 Å². The molecule has 0 radical (unpaired) electrons. The molecule has 188 valence electrons. The first-order valence-corrected chi connectivity index (χ1v) is 12.2. The first kappa shape index (κ1) is 29.9. The predicted molar refractivity (Wildman–Crippen MR) is 135 cm³/mol. The normalized spacial score (nSPS) is 15.8. The number of hydrogen-bond donors (Lipinski definition) is 0. The molecule has 5 nitrogen and oxygen atoms in total. The van der Waals surface area contributed by atoms with Gasteiger partial charge in [0.25, 0.3) is 0 Å². The van der Waals surface area contributed by atoms with E-state index in [9.17, 15) is 4.79 Å². The van der Waals surface area contributed by atoms with Gasteiger partial charge in [0.1, 0.15) is 18.5 Å². The molecule has 33 heavy (non-hydrogen) atoms. The number of methoxy groups -OCH3 is 1. The summed E-state index contributed by atoms with van der Waals surface area (Å²) in [5, 5.41) is 0. The van der Waals surface area contributed by atoms with Crippen molar-refractivity contribution in [3.05, 3.63) is 42.5 Å². The molecule has 0 aliphatic heterocycles. The summed E-state index contributed by atoms with van der Waals surface area (Å²) in [6.07, 6.45) is 1.89. The number of carbonyl (C=O) groups excluding carboxylic acids is 1. The molecule has 0 aromatic heterocycles. The third-order valence-corrected chi connectivity index (χ3v) is 5.71. The largest absolute Gasteiger partial charge is 0.508 e. The van der Waals surface area contributed by atoms with Gasteiger partial charge in [-0.25, -0.2) is 4.79 Å². The second-order valence-electron chi connectivity index (χ2n) is 9.50. The number of halogens is 3. The molecule has 0 spiro atoms. The Kier molecular flexibility index (Phi) is 12.4. The lowest BCUT2D eigenvalue weighted by atomic mass is 9.81. The van der Waals surface area contributed by atoms with Crippen LogP contribution in [0.2, 0.25) is 0 Å². The third kappa shape index (κ3) is 12.2. The molecular weight excluding hydrogens is 487 g/mol. The average Bonchev–Trinajstić information content (AvgIpc) is 2.73. The van der Waals surface area contributed by atoms with Crippen LogP contribution in [0.3, 0.4) is 0 Å². The van der Waals surface area contributed by atoms with Gasteiger partial charge < -0.3 is 18.9 Å². The minimum Gasteiger partial charge on any atom is -0.497 e. The molecule has 0 fully saturated rings. The Morgan fingerprint density at radius 1 is 1.09 bits per heavy atom. The van der Waals surface area contributed by atoms with Gasteiger partial charge in [0.15, 0.2) is 0 Å². The Balaban J connectivity index is 2.74. The van der Waals surface area contributed by atoms with Gasteiger partial charge in [0.2, 0.25) is 3.79 Å². The molecule has 4 unspecified atom stereocenters. The fraction of sp³-hybridized carbons (Fsp3) is 0.640. The molecule has 0 heterocycles. The van der Waals surface area contributed by atoms with Crippen LogP contribution in [0.5, 0.6) is 5.75 Å². The van der Waals surface area contributed by atoms with Gasteiger partial charge in [0, 0.05) is 5.92 Å². The third-order valence-electron chi connectivity index (χ3n) is 5.39. The summed E-state index contributed by atoms with van der Waals surface area (Å²) in [6.45, 7) is 14.5. The zero-order valence-corrected chi connectivity index (χ0v) is 22.7. The van der Waals surface area contributed by atoms with Gasteiger partial charge >= 0.3 is 6.16 Å². The van der Waals surface area contributed by atoms with E-state index >= 15 is 0 Å². The van der Waals surface area contributed by atoms with Gasteiger partial charge in [-0.15, -0.1) is 6.58 Å². The number of carbonyl (C=O) groups is 1. The van der Waals surface area contributed by atoms with Gasteiger partial charge in [-0.1, -0.05) is 87.6 Å². The van der Waals surface area contributed by atoms with Crippen LogP contribution < -0.4 is 4.74 Å². The van der Waals surface area contributed by atoms with Crippen molar-refractivity contribution >= 4 is 41.0 Å². The standard InChI is InChI=1S/C25H37Cl3O5/c1-8-18(3)21(33-23(29)32-16-25(26,27)28)13-17(2)14-22(24(4,5)6)31-15-19-9-11-20(30-7)12-10-19/h8-12,17-18,21-22H,1,13-16H2,2-7H3. The summed E-state index contributed by atoms with van der Waals surface area (Å²) in [5.74, 6) is 0.953. The Hall–Kier alpha value is -1.14. The molecule has 1 rings (SSSR count). The van der Waals surface area contributed by atoms with Crippen molar-refractivity contribution in [1.29, 1.82) is 0 Å². The van der Waals surface area contributed by atoms with E-state index < -0.39 is 16.1 Å². The van der Waals surface area contributed by atoms with Crippen LogP contribution in [0.4, 0.5) is 4.79 Å². The van der Waals surface area contributed by atoms with E-state index in [4.69, 9.17) is 53.8 Å². The molecular formula is C25H37Cl3O5. The molecule has 0 N–H and O–H groups in total. The van der Waals surface area contributed by atoms with Crippen LogP contribution in [-0.4, -0.2) is 35.9 Å². The van der Waals surface area contributed by atoms with Gasteiger partial charge in [-0.3, -0.25) is 0 Å². The first-order chi connectivity index (χ1) is 15.2. The van der Waals surface area contributed by atoms with E-state index in [0.29, 0.717) is 13.0 Å².